The molecule has 1 saturated heterocycles. The smallest absolute Gasteiger partial charge is 0.191 e. The molecule has 1 unspecified atom stereocenters. The number of carbonyl (C=O) groups is 1. The highest BCUT2D eigenvalue weighted by Gasteiger charge is 2.33. The zero-order valence-corrected chi connectivity index (χ0v) is 18.4. The van der Waals surface area contributed by atoms with E-state index in [0.29, 0.717) is 30.0 Å². The van der Waals surface area contributed by atoms with E-state index < -0.39 is 9.84 Å². The molecule has 0 radical (unpaired) electrons. The van der Waals surface area contributed by atoms with Gasteiger partial charge in [0, 0.05) is 35.5 Å². The quantitative estimate of drug-likeness (QED) is 0.360. The van der Waals surface area contributed by atoms with E-state index in [9.17, 15) is 13.2 Å². The summed E-state index contributed by atoms with van der Waals surface area (Å²) in [4.78, 5) is 12.9. The summed E-state index contributed by atoms with van der Waals surface area (Å²) in [5.41, 5.74) is 2.96. The topological polar surface area (TPSA) is 86.8 Å². The van der Waals surface area contributed by atoms with E-state index in [1.807, 2.05) is 17.6 Å². The highest BCUT2D eigenvalue weighted by molar-refractivity contribution is 7.99. The van der Waals surface area contributed by atoms with Crippen LogP contribution in [0.5, 0.6) is 0 Å². The lowest BCUT2D eigenvalue weighted by Crippen LogP contribution is -2.12. The molecule has 3 heterocycles. The fraction of sp³-hybridized carbons (Fsp3) is 0.550. The largest absolute Gasteiger partial charge is 0.345 e. The van der Waals surface area contributed by atoms with Crippen molar-refractivity contribution < 1.29 is 13.2 Å². The maximum Gasteiger partial charge on any atom is 0.191 e. The first-order valence-electron chi connectivity index (χ1n) is 9.89. The summed E-state index contributed by atoms with van der Waals surface area (Å²) in [6, 6.07) is 2.53. The molecule has 2 aromatic heterocycles. The third-order valence-corrected chi connectivity index (χ3v) is 8.42. The second-order valence-corrected chi connectivity index (χ2v) is 11.1. The van der Waals surface area contributed by atoms with Crippen molar-refractivity contribution in [1.82, 2.24) is 19.3 Å². The predicted octanol–water partition coefficient (Wildman–Crippen LogP) is 3.09. The molecule has 4 rings (SSSR count). The Morgan fingerprint density at radius 1 is 1.31 bits per heavy atom. The Bertz CT molecular complexity index is 1060. The molecular weight excluding hydrogens is 408 g/mol. The predicted molar refractivity (Wildman–Crippen MR) is 113 cm³/mol. The number of allylic oxidation sites excluding steroid dienone is 1. The van der Waals surface area contributed by atoms with Crippen molar-refractivity contribution in [2.45, 2.75) is 56.8 Å². The molecule has 1 atom stereocenters. The second kappa shape index (κ2) is 7.75. The van der Waals surface area contributed by atoms with Gasteiger partial charge in [0.05, 0.1) is 17.3 Å². The SMILES string of the molecule is C=CCn1c(SCC(=O)c2cc(C)n(C3CC3)c2C)nnc1C1CCS(=O)(=O)C1. The van der Waals surface area contributed by atoms with Crippen molar-refractivity contribution in [1.29, 1.82) is 0 Å². The van der Waals surface area contributed by atoms with Gasteiger partial charge in [-0.05, 0) is 39.2 Å². The summed E-state index contributed by atoms with van der Waals surface area (Å²) < 4.78 is 27.9. The van der Waals surface area contributed by atoms with E-state index in [4.69, 9.17) is 0 Å². The molecule has 29 heavy (non-hydrogen) atoms. The Hall–Kier alpha value is -1.87. The molecule has 7 nitrogen and oxygen atoms in total. The van der Waals surface area contributed by atoms with Crippen molar-refractivity contribution in [3.63, 3.8) is 0 Å². The van der Waals surface area contributed by atoms with Crippen LogP contribution < -0.4 is 0 Å². The van der Waals surface area contributed by atoms with E-state index in [1.54, 1.807) is 6.08 Å². The van der Waals surface area contributed by atoms with Gasteiger partial charge in [-0.25, -0.2) is 8.42 Å². The van der Waals surface area contributed by atoms with E-state index in [1.165, 1.54) is 24.6 Å². The Kier molecular flexibility index (Phi) is 5.46. The molecule has 1 aliphatic carbocycles. The monoisotopic (exact) mass is 434 g/mol. The fourth-order valence-corrected chi connectivity index (χ4v) is 6.75. The third kappa shape index (κ3) is 4.07. The Morgan fingerprint density at radius 3 is 2.69 bits per heavy atom. The number of ketones is 1. The van der Waals surface area contributed by atoms with Crippen molar-refractivity contribution in [2.75, 3.05) is 17.3 Å². The molecule has 1 saturated carbocycles. The van der Waals surface area contributed by atoms with Crippen LogP contribution in [0.25, 0.3) is 0 Å². The maximum absolute atomic E-state index is 12.9. The number of hydrogen-bond acceptors (Lipinski definition) is 6. The lowest BCUT2D eigenvalue weighted by atomic mass is 10.1. The normalized spacial score (nSPS) is 20.8. The van der Waals surface area contributed by atoms with Gasteiger partial charge in [0.15, 0.2) is 20.8 Å². The minimum atomic E-state index is -3.01. The van der Waals surface area contributed by atoms with Gasteiger partial charge >= 0.3 is 0 Å². The molecule has 9 heteroatoms. The number of aryl methyl sites for hydroxylation is 1. The minimum absolute atomic E-state index is 0.0770. The number of sulfone groups is 1. The van der Waals surface area contributed by atoms with Crippen LogP contribution in [0.15, 0.2) is 23.9 Å². The van der Waals surface area contributed by atoms with E-state index in [-0.39, 0.29) is 29.0 Å². The molecular formula is C20H26N4O3S2. The zero-order chi connectivity index (χ0) is 20.8. The van der Waals surface area contributed by atoms with Crippen LogP contribution in [0.4, 0.5) is 0 Å². The first-order chi connectivity index (χ1) is 13.8. The van der Waals surface area contributed by atoms with Crippen molar-refractivity contribution >= 4 is 27.4 Å². The first kappa shape index (κ1) is 20.4. The summed E-state index contributed by atoms with van der Waals surface area (Å²) in [6.45, 7) is 8.35. The van der Waals surface area contributed by atoms with Gasteiger partial charge in [-0.3, -0.25) is 4.79 Å². The Balaban J connectivity index is 1.50. The number of Topliss-reactive ketones (excluding diaryl/α,β-unsaturated/α-hetero) is 1. The van der Waals surface area contributed by atoms with Crippen LogP contribution in [0.3, 0.4) is 0 Å². The third-order valence-electron chi connectivity index (χ3n) is 5.68. The molecule has 2 aromatic rings. The molecule has 0 spiro atoms. The van der Waals surface area contributed by atoms with Crippen LogP contribution in [0.2, 0.25) is 0 Å². The number of thioether (sulfide) groups is 1. The lowest BCUT2D eigenvalue weighted by molar-refractivity contribution is 0.102. The number of hydrogen-bond donors (Lipinski definition) is 0. The fourth-order valence-electron chi connectivity index (χ4n) is 4.17. The summed E-state index contributed by atoms with van der Waals surface area (Å²) >= 11 is 1.35. The van der Waals surface area contributed by atoms with Crippen LogP contribution in [-0.4, -0.2) is 50.8 Å². The van der Waals surface area contributed by atoms with E-state index in [0.717, 1.165) is 17.0 Å². The Morgan fingerprint density at radius 2 is 2.07 bits per heavy atom. The van der Waals surface area contributed by atoms with E-state index in [2.05, 4.69) is 28.3 Å². The van der Waals surface area contributed by atoms with Gasteiger partial charge in [-0.15, -0.1) is 16.8 Å². The Labute approximate surface area is 175 Å². The lowest BCUT2D eigenvalue weighted by Gasteiger charge is -2.11. The highest BCUT2D eigenvalue weighted by atomic mass is 32.2. The van der Waals surface area contributed by atoms with Gasteiger partial charge in [-0.1, -0.05) is 17.8 Å². The van der Waals surface area contributed by atoms with Crippen LogP contribution in [-0.2, 0) is 16.4 Å². The van der Waals surface area contributed by atoms with Crippen LogP contribution >= 0.6 is 11.8 Å². The van der Waals surface area contributed by atoms with Crippen LogP contribution in [0, 0.1) is 13.8 Å². The zero-order valence-electron chi connectivity index (χ0n) is 16.8. The summed E-state index contributed by atoms with van der Waals surface area (Å²) in [7, 11) is -3.01. The molecule has 1 aliphatic heterocycles. The highest BCUT2D eigenvalue weighted by Crippen LogP contribution is 2.38. The van der Waals surface area contributed by atoms with Crippen LogP contribution in [0.1, 0.15) is 58.8 Å². The molecule has 0 N–H and O–H groups in total. The van der Waals surface area contributed by atoms with Gasteiger partial charge < -0.3 is 9.13 Å². The minimum Gasteiger partial charge on any atom is -0.345 e. The number of carbonyl (C=O) groups excluding carboxylic acids is 1. The number of rotatable bonds is 8. The maximum atomic E-state index is 12.9. The molecule has 0 bridgehead atoms. The number of nitrogens with zero attached hydrogens (tertiary/aromatic N) is 4. The van der Waals surface area contributed by atoms with Gasteiger partial charge in [0.2, 0.25) is 0 Å². The second-order valence-electron chi connectivity index (χ2n) is 7.94. The average molecular weight is 435 g/mol. The van der Waals surface area contributed by atoms with E-state index >= 15 is 0 Å². The molecule has 2 aliphatic rings. The summed E-state index contributed by atoms with van der Waals surface area (Å²) in [5, 5.41) is 9.15. The molecule has 0 aromatic carbocycles. The van der Waals surface area contributed by atoms with Crippen molar-refractivity contribution in [2.24, 2.45) is 0 Å². The number of aromatic nitrogens is 4. The van der Waals surface area contributed by atoms with Gasteiger partial charge in [0.1, 0.15) is 5.82 Å². The first-order valence-corrected chi connectivity index (χ1v) is 12.7. The molecule has 2 fully saturated rings. The molecule has 156 valence electrons. The van der Waals surface area contributed by atoms with Crippen molar-refractivity contribution in [3.05, 3.63) is 41.5 Å². The van der Waals surface area contributed by atoms with Gasteiger partial charge in [-0.2, -0.15) is 0 Å². The average Bonchev–Trinajstić information content (AvgIpc) is 3.21. The summed E-state index contributed by atoms with van der Waals surface area (Å²) in [6.07, 6.45) is 4.67. The molecule has 0 amide bonds. The standard InChI is InChI=1S/C20H26N4O3S2/c1-4-8-23-19(15-7-9-29(26,27)12-15)21-22-20(23)28-11-18(25)17-10-13(2)24(14(17)3)16-5-6-16/h4,10,15-16H,1,5-9,11-12H2,2-3H3. The van der Waals surface area contributed by atoms with Gasteiger partial charge in [0.25, 0.3) is 0 Å². The van der Waals surface area contributed by atoms with Crippen molar-refractivity contribution in [3.8, 4) is 0 Å². The summed E-state index contributed by atoms with van der Waals surface area (Å²) in [5.74, 6) is 1.18.